The molecule has 0 bridgehead atoms. The van der Waals surface area contributed by atoms with Gasteiger partial charge in [-0.3, -0.25) is 9.89 Å². The molecule has 0 aliphatic carbocycles. The van der Waals surface area contributed by atoms with Gasteiger partial charge in [-0.15, -0.1) is 0 Å². The fourth-order valence-electron chi connectivity index (χ4n) is 2.07. The van der Waals surface area contributed by atoms with Crippen molar-refractivity contribution in [1.82, 2.24) is 15.5 Å². The second-order valence-corrected chi connectivity index (χ2v) is 4.82. The first-order chi connectivity index (χ1) is 11.1. The highest BCUT2D eigenvalue weighted by Crippen LogP contribution is 2.25. The Morgan fingerprint density at radius 2 is 2.22 bits per heavy atom. The Labute approximate surface area is 132 Å². The molecule has 4 N–H and O–H groups in total. The standard InChI is InChI=1S/C15H18F2N4O2/c16-15(17)23-11-5-3-4-10(8-11)13-12(9-20-21-13)14(22)19-7-2-1-6-18/h3-5,8-9,15H,1-2,6-7,18H2,(H,19,22)(H,20,21). The molecule has 124 valence electrons. The van der Waals surface area contributed by atoms with Crippen molar-refractivity contribution >= 4 is 5.91 Å². The molecule has 0 atom stereocenters. The molecule has 23 heavy (non-hydrogen) atoms. The molecule has 0 spiro atoms. The minimum atomic E-state index is -2.91. The summed E-state index contributed by atoms with van der Waals surface area (Å²) in [5, 5.41) is 9.34. The Morgan fingerprint density at radius 1 is 1.39 bits per heavy atom. The van der Waals surface area contributed by atoms with Crippen molar-refractivity contribution < 1.29 is 18.3 Å². The van der Waals surface area contributed by atoms with E-state index >= 15 is 0 Å². The molecule has 0 aliphatic heterocycles. The fourth-order valence-corrected chi connectivity index (χ4v) is 2.07. The second-order valence-electron chi connectivity index (χ2n) is 4.82. The van der Waals surface area contributed by atoms with Gasteiger partial charge in [0.25, 0.3) is 5.91 Å². The highest BCUT2D eigenvalue weighted by molar-refractivity contribution is 5.99. The van der Waals surface area contributed by atoms with Crippen LogP contribution in [0.1, 0.15) is 23.2 Å². The van der Waals surface area contributed by atoms with Crippen LogP contribution < -0.4 is 15.8 Å². The maximum Gasteiger partial charge on any atom is 0.387 e. The molecule has 1 amide bonds. The number of rotatable bonds is 8. The predicted octanol–water partition coefficient (Wildman–Crippen LogP) is 2.15. The van der Waals surface area contributed by atoms with Crippen molar-refractivity contribution in [3.63, 3.8) is 0 Å². The molecule has 2 rings (SSSR count). The van der Waals surface area contributed by atoms with E-state index in [2.05, 4.69) is 20.3 Å². The molecule has 0 saturated heterocycles. The second kappa shape index (κ2) is 8.23. The topological polar surface area (TPSA) is 93.0 Å². The zero-order chi connectivity index (χ0) is 16.7. The van der Waals surface area contributed by atoms with Crippen molar-refractivity contribution in [2.45, 2.75) is 19.5 Å². The van der Waals surface area contributed by atoms with Crippen LogP contribution in [-0.2, 0) is 0 Å². The number of aromatic amines is 1. The molecule has 0 aliphatic rings. The summed E-state index contributed by atoms with van der Waals surface area (Å²) in [6.45, 7) is -1.82. The van der Waals surface area contributed by atoms with Gasteiger partial charge >= 0.3 is 6.61 Å². The highest BCUT2D eigenvalue weighted by Gasteiger charge is 2.15. The van der Waals surface area contributed by atoms with Gasteiger partial charge < -0.3 is 15.8 Å². The van der Waals surface area contributed by atoms with Gasteiger partial charge in [-0.05, 0) is 31.5 Å². The number of hydrogen-bond donors (Lipinski definition) is 3. The van der Waals surface area contributed by atoms with Crippen molar-refractivity contribution in [2.24, 2.45) is 5.73 Å². The Kier molecular flexibility index (Phi) is 6.04. The number of unbranched alkanes of at least 4 members (excludes halogenated alkanes) is 1. The first-order valence-corrected chi connectivity index (χ1v) is 7.18. The summed E-state index contributed by atoms with van der Waals surface area (Å²) >= 11 is 0. The summed E-state index contributed by atoms with van der Waals surface area (Å²) in [6, 6.07) is 6.08. The monoisotopic (exact) mass is 324 g/mol. The summed E-state index contributed by atoms with van der Waals surface area (Å²) in [5.74, 6) is -0.271. The van der Waals surface area contributed by atoms with Crippen LogP contribution in [0.4, 0.5) is 8.78 Å². The third kappa shape index (κ3) is 4.75. The summed E-state index contributed by atoms with van der Waals surface area (Å²) < 4.78 is 28.9. The number of carbonyl (C=O) groups excluding carboxylic acids is 1. The number of aromatic nitrogens is 2. The van der Waals surface area contributed by atoms with Crippen LogP contribution in [0.2, 0.25) is 0 Å². The Morgan fingerprint density at radius 3 is 2.96 bits per heavy atom. The van der Waals surface area contributed by atoms with E-state index in [1.165, 1.54) is 18.3 Å². The summed E-state index contributed by atoms with van der Waals surface area (Å²) in [5.41, 5.74) is 6.72. The van der Waals surface area contributed by atoms with Gasteiger partial charge in [0.05, 0.1) is 17.5 Å². The quantitative estimate of drug-likeness (QED) is 0.649. The number of ether oxygens (including phenoxy) is 1. The Balaban J connectivity index is 2.12. The molecule has 8 heteroatoms. The number of hydrogen-bond acceptors (Lipinski definition) is 4. The first-order valence-electron chi connectivity index (χ1n) is 7.18. The van der Waals surface area contributed by atoms with Crippen molar-refractivity contribution in [2.75, 3.05) is 13.1 Å². The molecule has 1 aromatic heterocycles. The minimum Gasteiger partial charge on any atom is -0.435 e. The number of nitrogens with zero attached hydrogens (tertiary/aromatic N) is 1. The molecule has 6 nitrogen and oxygen atoms in total. The van der Waals surface area contributed by atoms with Crippen LogP contribution in [0, 0.1) is 0 Å². The smallest absolute Gasteiger partial charge is 0.387 e. The first kappa shape index (κ1) is 16.9. The van der Waals surface area contributed by atoms with Gasteiger partial charge in [-0.2, -0.15) is 13.9 Å². The van der Waals surface area contributed by atoms with E-state index in [1.54, 1.807) is 12.1 Å². The van der Waals surface area contributed by atoms with Crippen LogP contribution in [-0.4, -0.2) is 35.8 Å². The lowest BCUT2D eigenvalue weighted by Gasteiger charge is -2.08. The lowest BCUT2D eigenvalue weighted by molar-refractivity contribution is -0.0498. The maximum absolute atomic E-state index is 12.3. The number of nitrogens with one attached hydrogen (secondary N) is 2. The van der Waals surface area contributed by atoms with E-state index in [0.717, 1.165) is 12.8 Å². The normalized spacial score (nSPS) is 10.8. The fraction of sp³-hybridized carbons (Fsp3) is 0.333. The zero-order valence-electron chi connectivity index (χ0n) is 12.4. The summed E-state index contributed by atoms with van der Waals surface area (Å²) in [6.07, 6.45) is 3.01. The van der Waals surface area contributed by atoms with Crippen molar-refractivity contribution in [3.05, 3.63) is 36.0 Å². The maximum atomic E-state index is 12.3. The average molecular weight is 324 g/mol. The van der Waals surface area contributed by atoms with E-state index in [9.17, 15) is 13.6 Å². The third-order valence-electron chi connectivity index (χ3n) is 3.15. The number of nitrogens with two attached hydrogens (primary N) is 1. The molecule has 0 unspecified atom stereocenters. The van der Waals surface area contributed by atoms with Crippen molar-refractivity contribution in [3.8, 4) is 17.0 Å². The van der Waals surface area contributed by atoms with Crippen LogP contribution in [0.25, 0.3) is 11.3 Å². The minimum absolute atomic E-state index is 0.0152. The van der Waals surface area contributed by atoms with E-state index in [1.807, 2.05) is 0 Å². The van der Waals surface area contributed by atoms with Gasteiger partial charge in [0.1, 0.15) is 5.75 Å². The van der Waals surface area contributed by atoms with Gasteiger partial charge in [-0.25, -0.2) is 0 Å². The Bertz CT molecular complexity index is 646. The summed E-state index contributed by atoms with van der Waals surface area (Å²) in [4.78, 5) is 12.2. The van der Waals surface area contributed by atoms with Gasteiger partial charge in [-0.1, -0.05) is 12.1 Å². The molecule has 1 heterocycles. The average Bonchev–Trinajstić information content (AvgIpc) is 3.00. The molecule has 1 aromatic carbocycles. The molecule has 2 aromatic rings. The van der Waals surface area contributed by atoms with Gasteiger partial charge in [0.15, 0.2) is 0 Å². The number of amides is 1. The number of benzene rings is 1. The van der Waals surface area contributed by atoms with Crippen molar-refractivity contribution in [1.29, 1.82) is 0 Å². The van der Waals surface area contributed by atoms with Crippen LogP contribution in [0.3, 0.4) is 0 Å². The number of halogens is 2. The molecule has 0 radical (unpaired) electrons. The van der Waals surface area contributed by atoms with Gasteiger partial charge in [0, 0.05) is 12.1 Å². The molecule has 0 fully saturated rings. The SMILES string of the molecule is NCCCCNC(=O)c1cn[nH]c1-c1cccc(OC(F)F)c1. The highest BCUT2D eigenvalue weighted by atomic mass is 19.3. The molecular weight excluding hydrogens is 306 g/mol. The number of alkyl halides is 2. The van der Waals surface area contributed by atoms with Gasteiger partial charge in [0.2, 0.25) is 0 Å². The lowest BCUT2D eigenvalue weighted by atomic mass is 10.1. The largest absolute Gasteiger partial charge is 0.435 e. The van der Waals surface area contributed by atoms with E-state index in [4.69, 9.17) is 5.73 Å². The number of H-pyrrole nitrogens is 1. The Hall–Kier alpha value is -2.48. The van der Waals surface area contributed by atoms with E-state index in [-0.39, 0.29) is 11.7 Å². The van der Waals surface area contributed by atoms with E-state index < -0.39 is 6.61 Å². The van der Waals surface area contributed by atoms with E-state index in [0.29, 0.717) is 29.9 Å². The predicted molar refractivity (Wildman–Crippen MR) is 81.3 cm³/mol. The third-order valence-corrected chi connectivity index (χ3v) is 3.15. The summed E-state index contributed by atoms with van der Waals surface area (Å²) in [7, 11) is 0. The molecule has 0 saturated carbocycles. The van der Waals surface area contributed by atoms with Crippen LogP contribution in [0.15, 0.2) is 30.5 Å². The lowest BCUT2D eigenvalue weighted by Crippen LogP contribution is -2.25. The van der Waals surface area contributed by atoms with Crippen LogP contribution in [0.5, 0.6) is 5.75 Å². The number of carbonyl (C=O) groups is 1. The zero-order valence-corrected chi connectivity index (χ0v) is 12.4. The van der Waals surface area contributed by atoms with Crippen LogP contribution >= 0.6 is 0 Å². The molecular formula is C15H18F2N4O2.